The molecule has 0 radical (unpaired) electrons. The van der Waals surface area contributed by atoms with Gasteiger partial charge in [0.1, 0.15) is 19.3 Å². The van der Waals surface area contributed by atoms with Gasteiger partial charge in [-0.25, -0.2) is 0 Å². The quantitative estimate of drug-likeness (QED) is 0.538. The Balaban J connectivity index is 1.46. The summed E-state index contributed by atoms with van der Waals surface area (Å²) in [7, 11) is 0. The minimum Gasteiger partial charge on any atom is -0.486 e. The van der Waals surface area contributed by atoms with Crippen LogP contribution in [0, 0.1) is 0 Å². The van der Waals surface area contributed by atoms with Crippen LogP contribution in [0.5, 0.6) is 11.5 Å². The summed E-state index contributed by atoms with van der Waals surface area (Å²) in [5, 5.41) is 3.99. The maximum absolute atomic E-state index is 13.4. The van der Waals surface area contributed by atoms with Crippen LogP contribution in [0.2, 0.25) is 10.0 Å². The zero-order valence-electron chi connectivity index (χ0n) is 19.3. The topological polar surface area (TPSA) is 67.9 Å². The number of halogens is 2. The molecule has 8 heteroatoms. The van der Waals surface area contributed by atoms with Gasteiger partial charge in [0.05, 0.1) is 10.0 Å². The predicted molar refractivity (Wildman–Crippen MR) is 133 cm³/mol. The summed E-state index contributed by atoms with van der Waals surface area (Å²) >= 11 is 12.3. The molecule has 1 saturated carbocycles. The molecular weight excluding hydrogens is 475 g/mol. The molecule has 1 atom stereocenters. The van der Waals surface area contributed by atoms with Gasteiger partial charge in [0.25, 0.3) is 0 Å². The molecule has 1 aliphatic heterocycles. The Hall–Kier alpha value is -2.44. The fourth-order valence-electron chi connectivity index (χ4n) is 4.45. The summed E-state index contributed by atoms with van der Waals surface area (Å²) < 4.78 is 11.2. The van der Waals surface area contributed by atoms with E-state index in [-0.39, 0.29) is 30.8 Å². The minimum absolute atomic E-state index is 0.102. The molecule has 2 aromatic rings. The normalized spacial score (nSPS) is 16.2. The Morgan fingerprint density at radius 1 is 1.00 bits per heavy atom. The monoisotopic (exact) mass is 504 g/mol. The van der Waals surface area contributed by atoms with Crippen LogP contribution in [0.25, 0.3) is 0 Å². The molecule has 1 fully saturated rings. The molecule has 2 aliphatic rings. The minimum atomic E-state index is -0.609. The Morgan fingerprint density at radius 2 is 1.71 bits per heavy atom. The third-order valence-electron chi connectivity index (χ3n) is 6.44. The SMILES string of the molecule is C[C@@H](C(=O)NC1CCCC1)N(Cc1ccc(Cl)c(Cl)c1)C(=O)CCc1ccc2c(c1)OCCO2. The van der Waals surface area contributed by atoms with Crippen molar-refractivity contribution >= 4 is 35.0 Å². The maximum Gasteiger partial charge on any atom is 0.242 e. The summed E-state index contributed by atoms with van der Waals surface area (Å²) in [5.74, 6) is 1.20. The van der Waals surface area contributed by atoms with Gasteiger partial charge in [0.2, 0.25) is 11.8 Å². The van der Waals surface area contributed by atoms with Crippen LogP contribution in [0.15, 0.2) is 36.4 Å². The van der Waals surface area contributed by atoms with Gasteiger partial charge in [-0.05, 0) is 61.6 Å². The van der Waals surface area contributed by atoms with Crippen LogP contribution in [0.3, 0.4) is 0 Å². The van der Waals surface area contributed by atoms with Crippen molar-refractivity contribution in [1.82, 2.24) is 10.2 Å². The summed E-state index contributed by atoms with van der Waals surface area (Å²) in [5.41, 5.74) is 1.80. The van der Waals surface area contributed by atoms with Gasteiger partial charge < -0.3 is 19.7 Å². The number of hydrogen-bond acceptors (Lipinski definition) is 4. The molecule has 1 heterocycles. The Kier molecular flexibility index (Phi) is 8.22. The second-order valence-corrected chi connectivity index (χ2v) is 9.73. The third kappa shape index (κ3) is 6.16. The van der Waals surface area contributed by atoms with E-state index in [1.165, 1.54) is 0 Å². The molecule has 1 N–H and O–H groups in total. The van der Waals surface area contributed by atoms with Gasteiger partial charge in [-0.3, -0.25) is 9.59 Å². The van der Waals surface area contributed by atoms with Crippen LogP contribution in [0.4, 0.5) is 0 Å². The van der Waals surface area contributed by atoms with E-state index < -0.39 is 6.04 Å². The number of fused-ring (bicyclic) bond motifs is 1. The van der Waals surface area contributed by atoms with E-state index in [1.807, 2.05) is 24.3 Å². The zero-order valence-corrected chi connectivity index (χ0v) is 20.8. The average Bonchev–Trinajstić information content (AvgIpc) is 3.35. The van der Waals surface area contributed by atoms with Crippen LogP contribution in [0.1, 0.15) is 50.2 Å². The Bertz CT molecular complexity index is 1040. The van der Waals surface area contributed by atoms with Gasteiger partial charge >= 0.3 is 0 Å². The number of benzene rings is 2. The standard InChI is InChI=1S/C26H30Cl2N2O4/c1-17(26(32)29-20-4-2-3-5-20)30(16-19-6-9-21(27)22(28)14-19)25(31)11-8-18-7-10-23-24(15-18)34-13-12-33-23/h6-7,9-10,14-15,17,20H,2-5,8,11-13,16H2,1H3,(H,29,32)/t17-/m0/s1. The molecule has 0 aromatic heterocycles. The maximum atomic E-state index is 13.4. The van der Waals surface area contributed by atoms with Crippen LogP contribution < -0.4 is 14.8 Å². The summed E-state index contributed by atoms with van der Waals surface area (Å²) in [6.45, 7) is 3.11. The number of carbonyl (C=O) groups excluding carboxylic acids is 2. The highest BCUT2D eigenvalue weighted by Gasteiger charge is 2.28. The van der Waals surface area contributed by atoms with E-state index in [0.29, 0.717) is 35.4 Å². The first kappa shape index (κ1) is 24.7. The number of rotatable bonds is 8. The second kappa shape index (κ2) is 11.3. The predicted octanol–water partition coefficient (Wildman–Crippen LogP) is 5.17. The molecule has 0 spiro atoms. The van der Waals surface area contributed by atoms with E-state index in [0.717, 1.165) is 42.6 Å². The van der Waals surface area contributed by atoms with Crippen molar-refractivity contribution in [3.63, 3.8) is 0 Å². The highest BCUT2D eigenvalue weighted by Crippen LogP contribution is 2.31. The van der Waals surface area contributed by atoms with Gasteiger partial charge in [-0.1, -0.05) is 48.2 Å². The molecule has 2 amide bonds. The largest absolute Gasteiger partial charge is 0.486 e. The first-order chi connectivity index (χ1) is 16.4. The van der Waals surface area contributed by atoms with Crippen molar-refractivity contribution in [1.29, 1.82) is 0 Å². The molecule has 0 saturated heterocycles. The number of nitrogens with one attached hydrogen (secondary N) is 1. The van der Waals surface area contributed by atoms with Crippen LogP contribution in [-0.2, 0) is 22.6 Å². The van der Waals surface area contributed by atoms with Gasteiger partial charge in [0.15, 0.2) is 11.5 Å². The fraction of sp³-hybridized carbons (Fsp3) is 0.462. The van der Waals surface area contributed by atoms with Crippen molar-refractivity contribution in [3.8, 4) is 11.5 Å². The first-order valence-electron chi connectivity index (χ1n) is 11.8. The summed E-state index contributed by atoms with van der Waals surface area (Å²) in [4.78, 5) is 28.0. The lowest BCUT2D eigenvalue weighted by Gasteiger charge is -2.30. The lowest BCUT2D eigenvalue weighted by molar-refractivity contribution is -0.140. The van der Waals surface area contributed by atoms with Crippen molar-refractivity contribution in [2.75, 3.05) is 13.2 Å². The van der Waals surface area contributed by atoms with E-state index in [9.17, 15) is 9.59 Å². The Morgan fingerprint density at radius 3 is 2.44 bits per heavy atom. The Labute approximate surface area is 210 Å². The van der Waals surface area contributed by atoms with Crippen LogP contribution in [-0.4, -0.2) is 42.0 Å². The van der Waals surface area contributed by atoms with Gasteiger partial charge in [0, 0.05) is 19.0 Å². The number of ether oxygens (including phenoxy) is 2. The van der Waals surface area contributed by atoms with Crippen LogP contribution >= 0.6 is 23.2 Å². The molecule has 34 heavy (non-hydrogen) atoms. The van der Waals surface area contributed by atoms with E-state index in [2.05, 4.69) is 5.32 Å². The number of carbonyl (C=O) groups is 2. The van der Waals surface area contributed by atoms with E-state index in [4.69, 9.17) is 32.7 Å². The highest BCUT2D eigenvalue weighted by atomic mass is 35.5. The summed E-state index contributed by atoms with van der Waals surface area (Å²) in [6, 6.07) is 10.6. The molecule has 0 bridgehead atoms. The average molecular weight is 505 g/mol. The molecule has 182 valence electrons. The molecule has 2 aromatic carbocycles. The number of amides is 2. The molecule has 0 unspecified atom stereocenters. The van der Waals surface area contributed by atoms with Crippen molar-refractivity contribution in [2.24, 2.45) is 0 Å². The third-order valence-corrected chi connectivity index (χ3v) is 7.18. The molecule has 6 nitrogen and oxygen atoms in total. The van der Waals surface area contributed by atoms with Crippen molar-refractivity contribution in [2.45, 2.75) is 64.1 Å². The fourth-order valence-corrected chi connectivity index (χ4v) is 4.77. The number of nitrogens with zero attached hydrogens (tertiary/aromatic N) is 1. The van der Waals surface area contributed by atoms with Crippen molar-refractivity contribution in [3.05, 3.63) is 57.6 Å². The lowest BCUT2D eigenvalue weighted by Crippen LogP contribution is -2.49. The van der Waals surface area contributed by atoms with E-state index >= 15 is 0 Å². The second-order valence-electron chi connectivity index (χ2n) is 8.91. The highest BCUT2D eigenvalue weighted by molar-refractivity contribution is 6.42. The van der Waals surface area contributed by atoms with Gasteiger partial charge in [-0.15, -0.1) is 0 Å². The first-order valence-corrected chi connectivity index (χ1v) is 12.6. The van der Waals surface area contributed by atoms with Crippen molar-refractivity contribution < 1.29 is 19.1 Å². The number of hydrogen-bond donors (Lipinski definition) is 1. The van der Waals surface area contributed by atoms with Gasteiger partial charge in [-0.2, -0.15) is 0 Å². The smallest absolute Gasteiger partial charge is 0.242 e. The lowest BCUT2D eigenvalue weighted by atomic mass is 10.1. The summed E-state index contributed by atoms with van der Waals surface area (Å²) in [6.07, 6.45) is 5.03. The molecule has 4 rings (SSSR count). The molecular formula is C26H30Cl2N2O4. The molecule has 1 aliphatic carbocycles. The number of aryl methyl sites for hydroxylation is 1. The van der Waals surface area contributed by atoms with E-state index in [1.54, 1.807) is 24.0 Å². The zero-order chi connectivity index (χ0) is 24.1.